The summed E-state index contributed by atoms with van der Waals surface area (Å²) in [6.07, 6.45) is 0.980. The molecule has 0 saturated carbocycles. The third kappa shape index (κ3) is 5.77. The van der Waals surface area contributed by atoms with E-state index in [9.17, 15) is 9.59 Å². The van der Waals surface area contributed by atoms with Gasteiger partial charge in [0.15, 0.2) is 17.3 Å². The molecule has 0 fully saturated rings. The summed E-state index contributed by atoms with van der Waals surface area (Å²) in [7, 11) is 0. The molecule has 6 heteroatoms. The maximum atomic E-state index is 11.4. The summed E-state index contributed by atoms with van der Waals surface area (Å²) in [6, 6.07) is 10.5. The third-order valence-electron chi connectivity index (χ3n) is 3.68. The van der Waals surface area contributed by atoms with Crippen molar-refractivity contribution >= 4 is 29.0 Å². The van der Waals surface area contributed by atoms with Crippen LogP contribution in [0.3, 0.4) is 0 Å². The van der Waals surface area contributed by atoms with Crippen molar-refractivity contribution in [2.24, 2.45) is 0 Å². The summed E-state index contributed by atoms with van der Waals surface area (Å²) < 4.78 is 0. The van der Waals surface area contributed by atoms with Crippen molar-refractivity contribution < 1.29 is 19.8 Å². The summed E-state index contributed by atoms with van der Waals surface area (Å²) in [5.41, 5.74) is 2.45. The fourth-order valence-corrected chi connectivity index (χ4v) is 2.54. The van der Waals surface area contributed by atoms with Gasteiger partial charge in [-0.15, -0.1) is 0 Å². The van der Waals surface area contributed by atoms with Gasteiger partial charge in [-0.1, -0.05) is 36.7 Å². The maximum absolute atomic E-state index is 11.4. The zero-order valence-corrected chi connectivity index (χ0v) is 16.2. The molecule has 0 radical (unpaired) electrons. The van der Waals surface area contributed by atoms with Crippen LogP contribution < -0.4 is 4.90 Å². The molecule has 0 bridgehead atoms. The van der Waals surface area contributed by atoms with Crippen LogP contribution in [0.15, 0.2) is 36.4 Å². The molecule has 0 aliphatic rings. The van der Waals surface area contributed by atoms with Crippen LogP contribution in [-0.2, 0) is 4.79 Å². The van der Waals surface area contributed by atoms with E-state index >= 15 is 0 Å². The number of amides is 1. The predicted molar refractivity (Wildman–Crippen MR) is 104 cm³/mol. The highest BCUT2D eigenvalue weighted by Gasteiger charge is 2.11. The van der Waals surface area contributed by atoms with Crippen LogP contribution in [0, 0.1) is 6.92 Å². The highest BCUT2D eigenvalue weighted by molar-refractivity contribution is 6.32. The van der Waals surface area contributed by atoms with Crippen molar-refractivity contribution in [3.63, 3.8) is 0 Å². The van der Waals surface area contributed by atoms with Gasteiger partial charge in [-0.25, -0.2) is 0 Å². The molecule has 0 aromatic heterocycles. The number of carbonyl (C=O) groups excluding carboxylic acids is 2. The lowest BCUT2D eigenvalue weighted by Crippen LogP contribution is -2.29. The van der Waals surface area contributed by atoms with Crippen LogP contribution in [-0.4, -0.2) is 28.4 Å². The molecule has 0 spiro atoms. The molecule has 0 aliphatic heterocycles. The fraction of sp³-hybridized carbons (Fsp3) is 0.300. The molecule has 26 heavy (non-hydrogen) atoms. The van der Waals surface area contributed by atoms with Crippen molar-refractivity contribution in [1.82, 2.24) is 0 Å². The molecule has 2 rings (SSSR count). The number of hydrogen-bond donors (Lipinski definition) is 2. The number of halogens is 1. The minimum Gasteiger partial charge on any atom is -0.504 e. The van der Waals surface area contributed by atoms with Crippen molar-refractivity contribution in [3.05, 3.63) is 52.5 Å². The van der Waals surface area contributed by atoms with Gasteiger partial charge < -0.3 is 15.1 Å². The summed E-state index contributed by atoms with van der Waals surface area (Å²) in [5.74, 6) is -0.886. The van der Waals surface area contributed by atoms with Gasteiger partial charge in [-0.2, -0.15) is 0 Å². The van der Waals surface area contributed by atoms with E-state index in [0.29, 0.717) is 0 Å². The van der Waals surface area contributed by atoms with E-state index in [-0.39, 0.29) is 28.0 Å². The lowest BCUT2D eigenvalue weighted by molar-refractivity contribution is -0.116. The van der Waals surface area contributed by atoms with E-state index < -0.39 is 5.75 Å². The fourth-order valence-electron chi connectivity index (χ4n) is 2.33. The number of ketones is 1. The quantitative estimate of drug-likeness (QED) is 0.597. The number of para-hydroxylation sites is 1. The lowest BCUT2D eigenvalue weighted by Gasteiger charge is -2.22. The Kier molecular flexibility index (Phi) is 8.13. The van der Waals surface area contributed by atoms with Gasteiger partial charge in [-0.3, -0.25) is 9.59 Å². The maximum Gasteiger partial charge on any atom is 0.223 e. The Balaban J connectivity index is 0.000000263. The lowest BCUT2D eigenvalue weighted by atomic mass is 10.1. The number of phenolic OH excluding ortho intramolecular Hbond substituents is 2. The molecule has 5 nitrogen and oxygen atoms in total. The minimum atomic E-state index is -0.401. The third-order valence-corrected chi connectivity index (χ3v) is 3.97. The van der Waals surface area contributed by atoms with Crippen molar-refractivity contribution in [3.8, 4) is 11.5 Å². The van der Waals surface area contributed by atoms with E-state index in [1.807, 2.05) is 36.1 Å². The number of nitrogens with zero attached hydrogens (tertiary/aromatic N) is 1. The zero-order valence-electron chi connectivity index (χ0n) is 15.4. The summed E-state index contributed by atoms with van der Waals surface area (Å²) in [5, 5.41) is 18.0. The predicted octanol–water partition coefficient (Wildman–Crippen LogP) is 4.71. The number of hydrogen-bond acceptors (Lipinski definition) is 4. The number of aryl methyl sites for hydroxylation is 1. The molecule has 0 heterocycles. The molecule has 0 unspecified atom stereocenters. The number of anilines is 1. The molecular formula is C20H24ClNO4. The Morgan fingerprint density at radius 3 is 2.19 bits per heavy atom. The molecule has 0 saturated heterocycles. The van der Waals surface area contributed by atoms with Crippen LogP contribution >= 0.6 is 11.6 Å². The molecule has 2 aromatic carbocycles. The first-order chi connectivity index (χ1) is 12.2. The SMILES string of the molecule is CC(=O)c1cc(O)c(O)c(Cl)c1.CCCN(C(C)=O)c1ccccc1C. The minimum absolute atomic E-state index is 0.0276. The van der Waals surface area contributed by atoms with Gasteiger partial charge in [0.25, 0.3) is 0 Å². The van der Waals surface area contributed by atoms with Gasteiger partial charge in [0.05, 0.1) is 5.02 Å². The summed E-state index contributed by atoms with van der Waals surface area (Å²) >= 11 is 5.50. The van der Waals surface area contributed by atoms with E-state index in [2.05, 4.69) is 6.92 Å². The normalized spacial score (nSPS) is 9.88. The first-order valence-electron chi connectivity index (χ1n) is 8.25. The van der Waals surface area contributed by atoms with Crippen LogP contribution in [0.1, 0.15) is 43.1 Å². The van der Waals surface area contributed by atoms with Crippen molar-refractivity contribution in [1.29, 1.82) is 0 Å². The standard InChI is InChI=1S/C12H17NO.C8H7ClO3/c1-4-9-13(11(3)14)12-8-6-5-7-10(12)2;1-4(10)5-2-6(9)8(12)7(11)3-5/h5-8H,4,9H2,1-3H3;2-3,11-12H,1H3. The topological polar surface area (TPSA) is 77.8 Å². The molecule has 0 atom stereocenters. The first-order valence-corrected chi connectivity index (χ1v) is 8.63. The zero-order chi connectivity index (χ0) is 19.9. The monoisotopic (exact) mass is 377 g/mol. The van der Waals surface area contributed by atoms with Crippen LogP contribution in [0.5, 0.6) is 11.5 Å². The molecular weight excluding hydrogens is 354 g/mol. The van der Waals surface area contributed by atoms with E-state index in [1.54, 1.807) is 6.92 Å². The molecule has 1 amide bonds. The Labute approximate surface area is 158 Å². The molecule has 2 aromatic rings. The second-order valence-corrected chi connectivity index (χ2v) is 6.25. The smallest absolute Gasteiger partial charge is 0.223 e. The second kappa shape index (κ2) is 9.82. The van der Waals surface area contributed by atoms with Crippen molar-refractivity contribution in [2.45, 2.75) is 34.1 Å². The summed E-state index contributed by atoms with van der Waals surface area (Å²) in [6.45, 7) is 7.86. The number of carbonyl (C=O) groups is 2. The molecule has 0 aliphatic carbocycles. The van der Waals surface area contributed by atoms with Gasteiger partial charge in [-0.05, 0) is 44.0 Å². The Morgan fingerprint density at radius 1 is 1.12 bits per heavy atom. The number of phenols is 2. The Hall–Kier alpha value is -2.53. The van der Waals surface area contributed by atoms with Gasteiger partial charge >= 0.3 is 0 Å². The highest BCUT2D eigenvalue weighted by atomic mass is 35.5. The average molecular weight is 378 g/mol. The largest absolute Gasteiger partial charge is 0.504 e. The summed E-state index contributed by atoms with van der Waals surface area (Å²) in [4.78, 5) is 24.1. The van der Waals surface area contributed by atoms with E-state index in [0.717, 1.165) is 24.2 Å². The number of benzene rings is 2. The highest BCUT2D eigenvalue weighted by Crippen LogP contribution is 2.33. The average Bonchev–Trinajstić information content (AvgIpc) is 2.58. The van der Waals surface area contributed by atoms with Gasteiger partial charge in [0.2, 0.25) is 5.91 Å². The van der Waals surface area contributed by atoms with Crippen LogP contribution in [0.2, 0.25) is 5.02 Å². The second-order valence-electron chi connectivity index (χ2n) is 5.84. The number of rotatable bonds is 4. The van der Waals surface area contributed by atoms with Crippen LogP contribution in [0.25, 0.3) is 0 Å². The van der Waals surface area contributed by atoms with Crippen LogP contribution in [0.4, 0.5) is 5.69 Å². The van der Waals surface area contributed by atoms with Gasteiger partial charge in [0, 0.05) is 24.7 Å². The molecule has 140 valence electrons. The molecule has 2 N–H and O–H groups in total. The number of Topliss-reactive ketones (excluding diaryl/α,β-unsaturated/α-hetero) is 1. The Bertz CT molecular complexity index is 766. The van der Waals surface area contributed by atoms with Crippen molar-refractivity contribution in [2.75, 3.05) is 11.4 Å². The first kappa shape index (κ1) is 21.5. The number of aromatic hydroxyl groups is 2. The van der Waals surface area contributed by atoms with E-state index in [4.69, 9.17) is 21.8 Å². The Morgan fingerprint density at radius 2 is 1.73 bits per heavy atom. The van der Waals surface area contributed by atoms with E-state index in [1.165, 1.54) is 19.1 Å². The van der Waals surface area contributed by atoms with Gasteiger partial charge in [0.1, 0.15) is 0 Å².